The molecule has 1 fully saturated rings. The molecule has 9 heteroatoms. The van der Waals surface area contributed by atoms with Crippen molar-refractivity contribution in [3.05, 3.63) is 53.7 Å². The maximum absolute atomic E-state index is 12.3. The third-order valence-electron chi connectivity index (χ3n) is 4.85. The van der Waals surface area contributed by atoms with E-state index in [1.54, 1.807) is 4.90 Å². The standard InChI is InChI=1S/C19H19N5O4/c25-18(26)15-14-17(21-11-20-15)23-16(22-14)13-6-8-24(9-7-13)19(27)28-10-12-4-2-1-3-5-12/h1-5,11,13H,6-10H2,(H,25,26)(H,20,21,22,23). The number of nitrogens with zero attached hydrogens (tertiary/aromatic N) is 4. The van der Waals surface area contributed by atoms with Crippen LogP contribution in [0.25, 0.3) is 11.2 Å². The van der Waals surface area contributed by atoms with Gasteiger partial charge in [-0.2, -0.15) is 0 Å². The average molecular weight is 381 g/mol. The molecule has 1 aromatic carbocycles. The third kappa shape index (κ3) is 3.64. The van der Waals surface area contributed by atoms with Gasteiger partial charge in [0.05, 0.1) is 0 Å². The van der Waals surface area contributed by atoms with Gasteiger partial charge in [0.25, 0.3) is 0 Å². The number of aromatic nitrogens is 4. The van der Waals surface area contributed by atoms with Crippen LogP contribution in [0.2, 0.25) is 0 Å². The Balaban J connectivity index is 1.37. The van der Waals surface area contributed by atoms with E-state index in [4.69, 9.17) is 4.74 Å². The molecule has 0 spiro atoms. The molecule has 3 heterocycles. The van der Waals surface area contributed by atoms with E-state index in [0.29, 0.717) is 42.9 Å². The summed E-state index contributed by atoms with van der Waals surface area (Å²) >= 11 is 0. The van der Waals surface area contributed by atoms with E-state index in [9.17, 15) is 14.7 Å². The van der Waals surface area contributed by atoms with Crippen molar-refractivity contribution >= 4 is 23.2 Å². The molecule has 144 valence electrons. The van der Waals surface area contributed by atoms with Crippen molar-refractivity contribution in [2.75, 3.05) is 13.1 Å². The van der Waals surface area contributed by atoms with E-state index in [0.717, 1.165) is 5.56 Å². The van der Waals surface area contributed by atoms with Crippen LogP contribution in [0.3, 0.4) is 0 Å². The van der Waals surface area contributed by atoms with Gasteiger partial charge in [-0.05, 0) is 18.4 Å². The minimum atomic E-state index is -1.13. The van der Waals surface area contributed by atoms with Gasteiger partial charge in [0.15, 0.2) is 11.3 Å². The van der Waals surface area contributed by atoms with Gasteiger partial charge in [-0.3, -0.25) is 0 Å². The molecule has 0 radical (unpaired) electrons. The van der Waals surface area contributed by atoms with Gasteiger partial charge >= 0.3 is 12.1 Å². The summed E-state index contributed by atoms with van der Waals surface area (Å²) in [5, 5.41) is 9.23. The summed E-state index contributed by atoms with van der Waals surface area (Å²) in [6.45, 7) is 1.35. The number of aromatic carboxylic acids is 1. The number of ether oxygens (including phenoxy) is 1. The number of imidazole rings is 1. The Bertz CT molecular complexity index is 996. The highest BCUT2D eigenvalue weighted by molar-refractivity contribution is 5.97. The molecule has 2 N–H and O–H groups in total. The number of H-pyrrole nitrogens is 1. The smallest absolute Gasteiger partial charge is 0.410 e. The lowest BCUT2D eigenvalue weighted by Crippen LogP contribution is -2.38. The highest BCUT2D eigenvalue weighted by Gasteiger charge is 2.27. The molecule has 9 nitrogen and oxygen atoms in total. The van der Waals surface area contributed by atoms with E-state index < -0.39 is 5.97 Å². The topological polar surface area (TPSA) is 121 Å². The number of amides is 1. The SMILES string of the molecule is O=C(O)c1ncnc2nc(C3CCN(C(=O)OCc4ccccc4)CC3)[nH]c12. The summed E-state index contributed by atoms with van der Waals surface area (Å²) in [6, 6.07) is 9.55. The minimum absolute atomic E-state index is 0.0917. The molecule has 4 rings (SSSR count). The Labute approximate surface area is 160 Å². The fourth-order valence-corrected chi connectivity index (χ4v) is 3.35. The normalized spacial score (nSPS) is 14.9. The zero-order valence-corrected chi connectivity index (χ0v) is 15.0. The van der Waals surface area contributed by atoms with Crippen molar-refractivity contribution in [1.29, 1.82) is 0 Å². The largest absolute Gasteiger partial charge is 0.476 e. The second-order valence-corrected chi connectivity index (χ2v) is 6.65. The number of carboxylic acids is 1. The van der Waals surface area contributed by atoms with Crippen molar-refractivity contribution in [3.8, 4) is 0 Å². The minimum Gasteiger partial charge on any atom is -0.476 e. The second kappa shape index (κ2) is 7.63. The van der Waals surface area contributed by atoms with Crippen molar-refractivity contribution in [2.24, 2.45) is 0 Å². The molecular weight excluding hydrogens is 362 g/mol. The summed E-state index contributed by atoms with van der Waals surface area (Å²) in [4.78, 5) is 40.5. The second-order valence-electron chi connectivity index (χ2n) is 6.65. The number of rotatable bonds is 4. The van der Waals surface area contributed by atoms with Gasteiger partial charge in [0.1, 0.15) is 24.3 Å². The summed E-state index contributed by atoms with van der Waals surface area (Å²) in [5.74, 6) is -0.358. The molecular formula is C19H19N5O4. The van der Waals surface area contributed by atoms with Crippen LogP contribution in [0.4, 0.5) is 4.79 Å². The Kier molecular flexibility index (Phi) is 4.88. The Hall–Kier alpha value is -3.49. The number of benzene rings is 1. The molecule has 28 heavy (non-hydrogen) atoms. The van der Waals surface area contributed by atoms with Crippen LogP contribution in [-0.2, 0) is 11.3 Å². The quantitative estimate of drug-likeness (QED) is 0.712. The number of fused-ring (bicyclic) bond motifs is 1. The van der Waals surface area contributed by atoms with E-state index in [1.807, 2.05) is 30.3 Å². The van der Waals surface area contributed by atoms with Gasteiger partial charge < -0.3 is 19.7 Å². The van der Waals surface area contributed by atoms with Crippen LogP contribution in [0, 0.1) is 0 Å². The number of likely N-dealkylation sites (tertiary alicyclic amines) is 1. The fraction of sp³-hybridized carbons (Fsp3) is 0.316. The molecule has 1 amide bonds. The zero-order chi connectivity index (χ0) is 19.5. The number of piperidine rings is 1. The van der Waals surface area contributed by atoms with Crippen LogP contribution < -0.4 is 0 Å². The molecule has 1 aliphatic heterocycles. The van der Waals surface area contributed by atoms with Crippen LogP contribution in [0.5, 0.6) is 0 Å². The molecule has 0 bridgehead atoms. The van der Waals surface area contributed by atoms with Crippen molar-refractivity contribution in [1.82, 2.24) is 24.8 Å². The lowest BCUT2D eigenvalue weighted by molar-refractivity contribution is 0.0692. The van der Waals surface area contributed by atoms with Gasteiger partial charge in [-0.15, -0.1) is 0 Å². The summed E-state index contributed by atoms with van der Waals surface area (Å²) < 4.78 is 5.38. The van der Waals surface area contributed by atoms with Crippen LogP contribution >= 0.6 is 0 Å². The number of carbonyl (C=O) groups excluding carboxylic acids is 1. The molecule has 0 aliphatic carbocycles. The Morgan fingerprint density at radius 3 is 2.64 bits per heavy atom. The number of hydrogen-bond donors (Lipinski definition) is 2. The monoisotopic (exact) mass is 381 g/mol. The number of aromatic amines is 1. The fourth-order valence-electron chi connectivity index (χ4n) is 3.35. The van der Waals surface area contributed by atoms with Crippen molar-refractivity contribution in [3.63, 3.8) is 0 Å². The first-order valence-corrected chi connectivity index (χ1v) is 9.01. The van der Waals surface area contributed by atoms with Gasteiger partial charge in [-0.25, -0.2) is 24.5 Å². The maximum Gasteiger partial charge on any atom is 0.410 e. The molecule has 2 aromatic heterocycles. The molecule has 3 aromatic rings. The Morgan fingerprint density at radius 1 is 1.18 bits per heavy atom. The number of carboxylic acid groups (broad SMARTS) is 1. The number of carbonyl (C=O) groups is 2. The molecule has 0 unspecified atom stereocenters. The van der Waals surface area contributed by atoms with Gasteiger partial charge in [-0.1, -0.05) is 30.3 Å². The first-order valence-electron chi connectivity index (χ1n) is 9.01. The van der Waals surface area contributed by atoms with E-state index in [1.165, 1.54) is 6.33 Å². The lowest BCUT2D eigenvalue weighted by atomic mass is 9.96. The molecule has 1 aliphatic rings. The molecule has 1 saturated heterocycles. The first kappa shape index (κ1) is 17.9. The molecule has 0 saturated carbocycles. The first-order chi connectivity index (χ1) is 13.6. The van der Waals surface area contributed by atoms with Crippen LogP contribution in [-0.4, -0.2) is 55.1 Å². The molecule has 0 atom stereocenters. The van der Waals surface area contributed by atoms with Crippen molar-refractivity contribution < 1.29 is 19.4 Å². The van der Waals surface area contributed by atoms with Crippen LogP contribution in [0.15, 0.2) is 36.7 Å². The van der Waals surface area contributed by atoms with Crippen molar-refractivity contribution in [2.45, 2.75) is 25.4 Å². The number of hydrogen-bond acceptors (Lipinski definition) is 6. The summed E-state index contributed by atoms with van der Waals surface area (Å²) in [7, 11) is 0. The highest BCUT2D eigenvalue weighted by atomic mass is 16.6. The lowest BCUT2D eigenvalue weighted by Gasteiger charge is -2.30. The number of nitrogens with one attached hydrogen (secondary N) is 1. The average Bonchev–Trinajstić information content (AvgIpc) is 3.17. The van der Waals surface area contributed by atoms with Gasteiger partial charge in [0.2, 0.25) is 0 Å². The zero-order valence-electron chi connectivity index (χ0n) is 15.0. The predicted molar refractivity (Wildman–Crippen MR) is 98.8 cm³/mol. The maximum atomic E-state index is 12.3. The van der Waals surface area contributed by atoms with Gasteiger partial charge in [0, 0.05) is 19.0 Å². The van der Waals surface area contributed by atoms with E-state index in [-0.39, 0.29) is 24.3 Å². The Morgan fingerprint density at radius 2 is 1.93 bits per heavy atom. The van der Waals surface area contributed by atoms with E-state index in [2.05, 4.69) is 19.9 Å². The highest BCUT2D eigenvalue weighted by Crippen LogP contribution is 2.28. The summed E-state index contributed by atoms with van der Waals surface area (Å²) in [5.41, 5.74) is 1.52. The predicted octanol–water partition coefficient (Wildman–Crippen LogP) is 2.57. The van der Waals surface area contributed by atoms with Crippen LogP contribution in [0.1, 0.15) is 40.6 Å². The third-order valence-corrected chi connectivity index (χ3v) is 4.85. The summed E-state index contributed by atoms with van der Waals surface area (Å²) in [6.07, 6.45) is 2.28. The van der Waals surface area contributed by atoms with E-state index >= 15 is 0 Å².